The van der Waals surface area contributed by atoms with Crippen LogP contribution < -0.4 is 0 Å². The Morgan fingerprint density at radius 3 is 2.96 bits per heavy atom. The summed E-state index contributed by atoms with van der Waals surface area (Å²) in [7, 11) is 0. The maximum Gasteiger partial charge on any atom is 0.308 e. The van der Waals surface area contributed by atoms with Crippen molar-refractivity contribution in [2.75, 3.05) is 0 Å². The molecule has 0 aliphatic heterocycles. The molecule has 0 fully saturated rings. The maximum atomic E-state index is 11.9. The number of nitrogens with zero attached hydrogens (tertiary/aromatic N) is 5. The fourth-order valence-electron chi connectivity index (χ4n) is 2.48. The number of tetrazole rings is 1. The van der Waals surface area contributed by atoms with Crippen molar-refractivity contribution in [3.63, 3.8) is 0 Å². The number of carbonyl (C=O) groups excluding carboxylic acids is 1. The first-order chi connectivity index (χ1) is 11.3. The van der Waals surface area contributed by atoms with Crippen molar-refractivity contribution in [3.05, 3.63) is 42.4 Å². The molecule has 3 aromatic rings. The Balaban J connectivity index is 1.52. The molecule has 0 saturated heterocycles. The standard InChI is InChI=1S/C16H19N5O2/c1-2-9-21-15(17-18-19-21)12-23-16(22)8-11-20-10-7-13-5-3-4-6-14(13)20/h3-7,10H,2,8-9,11-12H2,1H3. The molecule has 0 spiro atoms. The lowest BCUT2D eigenvalue weighted by Gasteiger charge is -2.07. The number of aryl methyl sites for hydroxylation is 2. The smallest absolute Gasteiger partial charge is 0.308 e. The fourth-order valence-corrected chi connectivity index (χ4v) is 2.48. The van der Waals surface area contributed by atoms with Crippen LogP contribution in [-0.2, 0) is 29.2 Å². The molecule has 7 heteroatoms. The average Bonchev–Trinajstić information content (AvgIpc) is 3.18. The van der Waals surface area contributed by atoms with Gasteiger partial charge in [-0.1, -0.05) is 25.1 Å². The third-order valence-corrected chi connectivity index (χ3v) is 3.64. The van der Waals surface area contributed by atoms with Gasteiger partial charge in [0.05, 0.1) is 6.42 Å². The van der Waals surface area contributed by atoms with Crippen molar-refractivity contribution < 1.29 is 9.53 Å². The minimum absolute atomic E-state index is 0.109. The number of hydrogen-bond acceptors (Lipinski definition) is 5. The largest absolute Gasteiger partial charge is 0.457 e. The molecule has 0 N–H and O–H groups in total. The molecule has 120 valence electrons. The Morgan fingerprint density at radius 1 is 1.22 bits per heavy atom. The van der Waals surface area contributed by atoms with Crippen LogP contribution in [-0.4, -0.2) is 30.7 Å². The van der Waals surface area contributed by atoms with E-state index in [2.05, 4.69) is 26.2 Å². The summed E-state index contributed by atoms with van der Waals surface area (Å²) >= 11 is 0. The number of hydrogen-bond donors (Lipinski definition) is 0. The second kappa shape index (κ2) is 7.04. The Morgan fingerprint density at radius 2 is 2.09 bits per heavy atom. The molecule has 1 aromatic carbocycles. The van der Waals surface area contributed by atoms with Crippen LogP contribution >= 0.6 is 0 Å². The van der Waals surface area contributed by atoms with Gasteiger partial charge in [0.1, 0.15) is 0 Å². The van der Waals surface area contributed by atoms with Gasteiger partial charge in [-0.05, 0) is 34.4 Å². The maximum absolute atomic E-state index is 11.9. The van der Waals surface area contributed by atoms with Gasteiger partial charge < -0.3 is 9.30 Å². The van der Waals surface area contributed by atoms with Crippen LogP contribution in [0.25, 0.3) is 10.9 Å². The van der Waals surface area contributed by atoms with Gasteiger partial charge in [0.25, 0.3) is 0 Å². The Labute approximate surface area is 133 Å². The van der Waals surface area contributed by atoms with Crippen LogP contribution in [0.15, 0.2) is 36.5 Å². The molecule has 0 unspecified atom stereocenters. The van der Waals surface area contributed by atoms with E-state index in [1.807, 2.05) is 37.4 Å². The Kier molecular flexibility index (Phi) is 4.65. The first-order valence-corrected chi connectivity index (χ1v) is 7.72. The summed E-state index contributed by atoms with van der Waals surface area (Å²) in [4.78, 5) is 11.9. The van der Waals surface area contributed by atoms with E-state index >= 15 is 0 Å². The van der Waals surface area contributed by atoms with Gasteiger partial charge >= 0.3 is 5.97 Å². The second-order valence-electron chi connectivity index (χ2n) is 5.30. The summed E-state index contributed by atoms with van der Waals surface area (Å²) < 4.78 is 8.98. The molecular weight excluding hydrogens is 294 g/mol. The third-order valence-electron chi connectivity index (χ3n) is 3.64. The minimum atomic E-state index is -0.256. The van der Waals surface area contributed by atoms with Crippen molar-refractivity contribution >= 4 is 16.9 Å². The van der Waals surface area contributed by atoms with E-state index < -0.39 is 0 Å². The van der Waals surface area contributed by atoms with Crippen LogP contribution in [0.3, 0.4) is 0 Å². The molecule has 23 heavy (non-hydrogen) atoms. The predicted molar refractivity (Wildman–Crippen MR) is 84.5 cm³/mol. The predicted octanol–water partition coefficient (Wildman–Crippen LogP) is 2.17. The number of aromatic nitrogens is 5. The van der Waals surface area contributed by atoms with Gasteiger partial charge in [0.2, 0.25) is 0 Å². The summed E-state index contributed by atoms with van der Waals surface area (Å²) in [6.45, 7) is 3.46. The summed E-state index contributed by atoms with van der Waals surface area (Å²) in [5.41, 5.74) is 1.12. The molecule has 0 saturated carbocycles. The molecular formula is C16H19N5O2. The number of carbonyl (C=O) groups is 1. The van der Waals surface area contributed by atoms with Gasteiger partial charge in [-0.2, -0.15) is 0 Å². The van der Waals surface area contributed by atoms with E-state index in [1.54, 1.807) is 4.68 Å². The van der Waals surface area contributed by atoms with Crippen LogP contribution in [0.4, 0.5) is 0 Å². The zero-order chi connectivity index (χ0) is 16.1. The quantitative estimate of drug-likeness (QED) is 0.625. The van der Waals surface area contributed by atoms with Crippen molar-refractivity contribution in [2.24, 2.45) is 0 Å². The van der Waals surface area contributed by atoms with E-state index in [-0.39, 0.29) is 12.6 Å². The zero-order valence-corrected chi connectivity index (χ0v) is 13.1. The van der Waals surface area contributed by atoms with E-state index in [0.717, 1.165) is 18.5 Å². The van der Waals surface area contributed by atoms with Crippen molar-refractivity contribution in [1.29, 1.82) is 0 Å². The van der Waals surface area contributed by atoms with Gasteiger partial charge in [0.15, 0.2) is 12.4 Å². The fraction of sp³-hybridized carbons (Fsp3) is 0.375. The summed E-state index contributed by atoms with van der Waals surface area (Å²) in [5, 5.41) is 12.5. The number of rotatable bonds is 7. The lowest BCUT2D eigenvalue weighted by molar-refractivity contribution is -0.145. The number of para-hydroxylation sites is 1. The lowest BCUT2D eigenvalue weighted by atomic mass is 10.2. The van der Waals surface area contributed by atoms with Crippen molar-refractivity contribution in [3.8, 4) is 0 Å². The highest BCUT2D eigenvalue weighted by Crippen LogP contribution is 2.15. The molecule has 7 nitrogen and oxygen atoms in total. The minimum Gasteiger partial charge on any atom is -0.457 e. The van der Waals surface area contributed by atoms with Crippen LogP contribution in [0.5, 0.6) is 0 Å². The number of esters is 1. The molecule has 2 aromatic heterocycles. The molecule has 0 bridgehead atoms. The monoisotopic (exact) mass is 313 g/mol. The highest BCUT2D eigenvalue weighted by atomic mass is 16.5. The molecule has 3 rings (SSSR count). The van der Waals surface area contributed by atoms with E-state index in [0.29, 0.717) is 18.8 Å². The van der Waals surface area contributed by atoms with Gasteiger partial charge in [0, 0.05) is 24.8 Å². The number of fused-ring (bicyclic) bond motifs is 1. The van der Waals surface area contributed by atoms with Crippen molar-refractivity contribution in [1.82, 2.24) is 24.8 Å². The molecule has 0 aliphatic rings. The molecule has 0 aliphatic carbocycles. The third kappa shape index (κ3) is 3.56. The van der Waals surface area contributed by atoms with Gasteiger partial charge in [-0.15, -0.1) is 5.10 Å². The van der Waals surface area contributed by atoms with Gasteiger partial charge in [-0.25, -0.2) is 4.68 Å². The van der Waals surface area contributed by atoms with E-state index in [4.69, 9.17) is 4.74 Å². The topological polar surface area (TPSA) is 74.8 Å². The first-order valence-electron chi connectivity index (χ1n) is 7.72. The lowest BCUT2D eigenvalue weighted by Crippen LogP contribution is -2.12. The normalized spacial score (nSPS) is 11.0. The summed E-state index contributed by atoms with van der Waals surface area (Å²) in [6, 6.07) is 10.1. The molecule has 2 heterocycles. The Bertz CT molecular complexity index is 792. The zero-order valence-electron chi connectivity index (χ0n) is 13.1. The van der Waals surface area contributed by atoms with Crippen LogP contribution in [0, 0.1) is 0 Å². The Hall–Kier alpha value is -2.70. The van der Waals surface area contributed by atoms with E-state index in [1.165, 1.54) is 5.39 Å². The molecule has 0 radical (unpaired) electrons. The molecule has 0 atom stereocenters. The highest BCUT2D eigenvalue weighted by Gasteiger charge is 2.10. The van der Waals surface area contributed by atoms with Crippen LogP contribution in [0.1, 0.15) is 25.6 Å². The SMILES string of the molecule is CCCn1nnnc1COC(=O)CCn1ccc2ccccc21. The first kappa shape index (κ1) is 15.2. The van der Waals surface area contributed by atoms with Crippen molar-refractivity contribution in [2.45, 2.75) is 39.5 Å². The van der Waals surface area contributed by atoms with E-state index in [9.17, 15) is 4.79 Å². The molecule has 0 amide bonds. The highest BCUT2D eigenvalue weighted by molar-refractivity contribution is 5.80. The summed E-state index contributed by atoms with van der Waals surface area (Å²) in [5.74, 6) is 0.320. The van der Waals surface area contributed by atoms with Gasteiger partial charge in [-0.3, -0.25) is 4.79 Å². The second-order valence-corrected chi connectivity index (χ2v) is 5.30. The average molecular weight is 313 g/mol. The number of benzene rings is 1. The summed E-state index contributed by atoms with van der Waals surface area (Å²) in [6.07, 6.45) is 3.22. The van der Waals surface area contributed by atoms with Crippen LogP contribution in [0.2, 0.25) is 0 Å². The number of ether oxygens (including phenoxy) is 1.